The first-order chi connectivity index (χ1) is 12.0. The lowest BCUT2D eigenvalue weighted by atomic mass is 10.1. The van der Waals surface area contributed by atoms with Crippen LogP contribution in [0.25, 0.3) is 11.4 Å². The third kappa shape index (κ3) is 4.25. The molecule has 0 bridgehead atoms. The van der Waals surface area contributed by atoms with Crippen LogP contribution in [0.5, 0.6) is 0 Å². The van der Waals surface area contributed by atoms with Crippen LogP contribution in [0.3, 0.4) is 0 Å². The molecule has 1 aromatic heterocycles. The molecule has 0 unspecified atom stereocenters. The molecule has 3 aromatic rings. The van der Waals surface area contributed by atoms with E-state index in [-0.39, 0.29) is 12.3 Å². The maximum atomic E-state index is 12.1. The summed E-state index contributed by atoms with van der Waals surface area (Å²) < 4.78 is 5.25. The Hall–Kier alpha value is -2.66. The Morgan fingerprint density at radius 3 is 2.72 bits per heavy atom. The van der Waals surface area contributed by atoms with Crippen molar-refractivity contribution in [1.82, 2.24) is 10.1 Å². The second-order valence-corrected chi connectivity index (χ2v) is 6.25. The molecule has 6 heteroatoms. The van der Waals surface area contributed by atoms with Gasteiger partial charge in [-0.1, -0.05) is 47.1 Å². The lowest BCUT2D eigenvalue weighted by molar-refractivity contribution is -0.116. The predicted octanol–water partition coefficient (Wildman–Crippen LogP) is 4.58. The van der Waals surface area contributed by atoms with Gasteiger partial charge in [0.1, 0.15) is 0 Å². The molecule has 128 valence electrons. The van der Waals surface area contributed by atoms with E-state index in [0.29, 0.717) is 28.8 Å². The number of benzene rings is 2. The van der Waals surface area contributed by atoms with E-state index in [4.69, 9.17) is 16.1 Å². The molecule has 5 nitrogen and oxygen atoms in total. The Morgan fingerprint density at radius 1 is 1.16 bits per heavy atom. The molecule has 1 heterocycles. The quantitative estimate of drug-likeness (QED) is 0.727. The summed E-state index contributed by atoms with van der Waals surface area (Å²) in [6, 6.07) is 13.2. The number of rotatable bonds is 5. The molecule has 2 aromatic carbocycles. The molecule has 0 saturated carbocycles. The van der Waals surface area contributed by atoms with E-state index in [0.717, 1.165) is 16.7 Å². The minimum Gasteiger partial charge on any atom is -0.339 e. The van der Waals surface area contributed by atoms with Gasteiger partial charge in [0.25, 0.3) is 0 Å². The minimum absolute atomic E-state index is 0.129. The summed E-state index contributed by atoms with van der Waals surface area (Å²) in [5.74, 6) is 0.852. The highest BCUT2D eigenvalue weighted by Gasteiger charge is 2.12. The maximum absolute atomic E-state index is 12.1. The Kier molecular flexibility index (Phi) is 5.14. The van der Waals surface area contributed by atoms with Crippen LogP contribution in [0, 0.1) is 13.8 Å². The summed E-state index contributed by atoms with van der Waals surface area (Å²) in [6.07, 6.45) is 0.630. The number of anilines is 1. The second-order valence-electron chi connectivity index (χ2n) is 5.84. The molecule has 1 amide bonds. The summed E-state index contributed by atoms with van der Waals surface area (Å²) in [6.45, 7) is 3.90. The van der Waals surface area contributed by atoms with Gasteiger partial charge in [0.05, 0.1) is 0 Å². The van der Waals surface area contributed by atoms with E-state index in [1.165, 1.54) is 0 Å². The second kappa shape index (κ2) is 7.49. The van der Waals surface area contributed by atoms with Crippen molar-refractivity contribution in [3.63, 3.8) is 0 Å². The van der Waals surface area contributed by atoms with Gasteiger partial charge in [-0.05, 0) is 37.1 Å². The summed E-state index contributed by atoms with van der Waals surface area (Å²) in [4.78, 5) is 16.4. The van der Waals surface area contributed by atoms with Gasteiger partial charge in [-0.25, -0.2) is 0 Å². The number of hydrogen-bond donors (Lipinski definition) is 1. The molecule has 0 spiro atoms. The van der Waals surface area contributed by atoms with Crippen molar-refractivity contribution >= 4 is 23.2 Å². The molecular weight excluding hydrogens is 338 g/mol. The van der Waals surface area contributed by atoms with Gasteiger partial charge in [-0.15, -0.1) is 0 Å². The average Bonchev–Trinajstić information content (AvgIpc) is 3.05. The largest absolute Gasteiger partial charge is 0.339 e. The Bertz CT molecular complexity index is 905. The number of halogens is 1. The summed E-state index contributed by atoms with van der Waals surface area (Å²) in [5.41, 5.74) is 3.64. The highest BCUT2D eigenvalue weighted by Crippen LogP contribution is 2.21. The van der Waals surface area contributed by atoms with Gasteiger partial charge in [-0.3, -0.25) is 4.79 Å². The van der Waals surface area contributed by atoms with Crippen molar-refractivity contribution in [2.45, 2.75) is 26.7 Å². The average molecular weight is 356 g/mol. The highest BCUT2D eigenvalue weighted by atomic mass is 35.5. The van der Waals surface area contributed by atoms with E-state index < -0.39 is 0 Å². The minimum atomic E-state index is -0.129. The zero-order chi connectivity index (χ0) is 17.8. The molecule has 0 aliphatic carbocycles. The lowest BCUT2D eigenvalue weighted by Gasteiger charge is -2.06. The first-order valence-corrected chi connectivity index (χ1v) is 8.35. The predicted molar refractivity (Wildman–Crippen MR) is 97.6 cm³/mol. The van der Waals surface area contributed by atoms with Crippen LogP contribution in [0.4, 0.5) is 5.69 Å². The number of amides is 1. The third-order valence-corrected chi connectivity index (χ3v) is 4.28. The van der Waals surface area contributed by atoms with Gasteiger partial charge in [0.2, 0.25) is 17.6 Å². The van der Waals surface area contributed by atoms with Crippen molar-refractivity contribution in [2.24, 2.45) is 0 Å². The van der Waals surface area contributed by atoms with Crippen LogP contribution in [-0.2, 0) is 11.2 Å². The molecule has 3 rings (SSSR count). The summed E-state index contributed by atoms with van der Waals surface area (Å²) in [5, 5.41) is 7.43. The highest BCUT2D eigenvalue weighted by molar-refractivity contribution is 6.31. The third-order valence-electron chi connectivity index (χ3n) is 3.88. The molecule has 0 saturated heterocycles. The number of carbonyl (C=O) groups excluding carboxylic acids is 1. The van der Waals surface area contributed by atoms with Gasteiger partial charge < -0.3 is 9.84 Å². The van der Waals surface area contributed by atoms with Crippen LogP contribution in [0.15, 0.2) is 47.0 Å². The molecular formula is C19H18ClN3O2. The SMILES string of the molecule is Cc1ccc(NC(=O)CCc2nc(-c3ccccc3C)no2)cc1Cl. The zero-order valence-electron chi connectivity index (χ0n) is 14.0. The monoisotopic (exact) mass is 355 g/mol. The molecule has 0 fully saturated rings. The van der Waals surface area contributed by atoms with Crippen LogP contribution in [-0.4, -0.2) is 16.0 Å². The molecule has 1 N–H and O–H groups in total. The van der Waals surface area contributed by atoms with Crippen LogP contribution < -0.4 is 5.32 Å². The van der Waals surface area contributed by atoms with E-state index in [1.54, 1.807) is 6.07 Å². The molecule has 0 aliphatic heterocycles. The number of hydrogen-bond acceptors (Lipinski definition) is 4. The van der Waals surface area contributed by atoms with Crippen molar-refractivity contribution < 1.29 is 9.32 Å². The lowest BCUT2D eigenvalue weighted by Crippen LogP contribution is -2.12. The van der Waals surface area contributed by atoms with Crippen LogP contribution in [0.1, 0.15) is 23.4 Å². The van der Waals surface area contributed by atoms with Gasteiger partial charge >= 0.3 is 0 Å². The molecule has 25 heavy (non-hydrogen) atoms. The Labute approximate surface area is 151 Å². The molecule has 0 atom stereocenters. The summed E-state index contributed by atoms with van der Waals surface area (Å²) in [7, 11) is 0. The van der Waals surface area contributed by atoms with Gasteiger partial charge in [0.15, 0.2) is 0 Å². The number of nitrogens with zero attached hydrogens (tertiary/aromatic N) is 2. The number of nitrogens with one attached hydrogen (secondary N) is 1. The van der Waals surface area contributed by atoms with E-state index in [1.807, 2.05) is 50.2 Å². The van der Waals surface area contributed by atoms with Crippen molar-refractivity contribution in [1.29, 1.82) is 0 Å². The first-order valence-electron chi connectivity index (χ1n) is 7.97. The van der Waals surface area contributed by atoms with Crippen LogP contribution in [0.2, 0.25) is 5.02 Å². The Balaban J connectivity index is 1.59. The smallest absolute Gasteiger partial charge is 0.227 e. The van der Waals surface area contributed by atoms with Crippen molar-refractivity contribution in [2.75, 3.05) is 5.32 Å². The van der Waals surface area contributed by atoms with Gasteiger partial charge in [0, 0.05) is 29.1 Å². The Morgan fingerprint density at radius 2 is 1.96 bits per heavy atom. The molecule has 0 radical (unpaired) electrons. The summed E-state index contributed by atoms with van der Waals surface area (Å²) >= 11 is 6.06. The van der Waals surface area contributed by atoms with Gasteiger partial charge in [-0.2, -0.15) is 4.98 Å². The zero-order valence-corrected chi connectivity index (χ0v) is 14.8. The fourth-order valence-corrected chi connectivity index (χ4v) is 2.58. The van der Waals surface area contributed by atoms with Crippen molar-refractivity contribution in [3.05, 3.63) is 64.5 Å². The standard InChI is InChI=1S/C19H18ClN3O2/c1-12-5-3-4-6-15(12)19-22-18(25-23-19)10-9-17(24)21-14-8-7-13(2)16(20)11-14/h3-8,11H,9-10H2,1-2H3,(H,21,24). The van der Waals surface area contributed by atoms with Crippen LogP contribution >= 0.6 is 11.6 Å². The topological polar surface area (TPSA) is 68.0 Å². The fraction of sp³-hybridized carbons (Fsp3) is 0.211. The number of carbonyl (C=O) groups is 1. The fourth-order valence-electron chi connectivity index (χ4n) is 2.40. The van der Waals surface area contributed by atoms with Crippen molar-refractivity contribution in [3.8, 4) is 11.4 Å². The number of aryl methyl sites for hydroxylation is 3. The van der Waals surface area contributed by atoms with E-state index in [2.05, 4.69) is 15.5 Å². The molecule has 0 aliphatic rings. The first kappa shape index (κ1) is 17.2. The van der Waals surface area contributed by atoms with E-state index >= 15 is 0 Å². The maximum Gasteiger partial charge on any atom is 0.227 e. The normalized spacial score (nSPS) is 10.7. The van der Waals surface area contributed by atoms with E-state index in [9.17, 15) is 4.79 Å². The number of aromatic nitrogens is 2.